The van der Waals surface area contributed by atoms with Crippen LogP contribution in [0.15, 0.2) is 24.3 Å². The number of hydrogen-bond donors (Lipinski definition) is 1. The first-order chi connectivity index (χ1) is 9.70. The van der Waals surface area contributed by atoms with E-state index in [2.05, 4.69) is 6.92 Å². The number of benzene rings is 1. The molecule has 2 aromatic rings. The van der Waals surface area contributed by atoms with Gasteiger partial charge in [0.15, 0.2) is 5.78 Å². The predicted molar refractivity (Wildman–Crippen MR) is 84.6 cm³/mol. The van der Waals surface area contributed by atoms with Crippen LogP contribution in [0.5, 0.6) is 0 Å². The summed E-state index contributed by atoms with van der Waals surface area (Å²) >= 11 is 1.60. The Labute approximate surface area is 123 Å². The number of nitrogen functional groups attached to an aromatic ring is 1. The second kappa shape index (κ2) is 5.41. The van der Waals surface area contributed by atoms with Crippen LogP contribution < -0.4 is 5.73 Å². The molecule has 0 spiro atoms. The molecule has 20 heavy (non-hydrogen) atoms. The van der Waals surface area contributed by atoms with E-state index in [1.165, 1.54) is 22.4 Å². The predicted octanol–water partition coefficient (Wildman–Crippen LogP) is 4.00. The monoisotopic (exact) mass is 285 g/mol. The smallest absolute Gasteiger partial charge is 0.196 e. The molecule has 0 fully saturated rings. The zero-order chi connectivity index (χ0) is 14.1. The minimum absolute atomic E-state index is 0.0875. The Bertz CT molecular complexity index is 640. The fraction of sp³-hybridized carbons (Fsp3) is 0.353. The first-order valence-electron chi connectivity index (χ1n) is 7.24. The number of carbonyl (C=O) groups is 1. The number of rotatable bonds is 3. The molecule has 1 heterocycles. The third-order valence-electron chi connectivity index (χ3n) is 4.05. The molecule has 2 nitrogen and oxygen atoms in total. The highest BCUT2D eigenvalue weighted by molar-refractivity contribution is 7.16. The van der Waals surface area contributed by atoms with Crippen molar-refractivity contribution in [3.63, 3.8) is 0 Å². The van der Waals surface area contributed by atoms with E-state index in [4.69, 9.17) is 5.73 Å². The van der Waals surface area contributed by atoms with Gasteiger partial charge >= 0.3 is 0 Å². The van der Waals surface area contributed by atoms with Crippen LogP contribution in [0.25, 0.3) is 0 Å². The molecule has 1 aliphatic rings. The van der Waals surface area contributed by atoms with Crippen LogP contribution in [-0.4, -0.2) is 5.78 Å². The Balaban J connectivity index is 1.99. The number of nitrogens with two attached hydrogens (primary N) is 1. The van der Waals surface area contributed by atoms with Gasteiger partial charge in [0.2, 0.25) is 0 Å². The summed E-state index contributed by atoms with van der Waals surface area (Å²) in [6.45, 7) is 2.12. The van der Waals surface area contributed by atoms with E-state index in [9.17, 15) is 4.79 Å². The van der Waals surface area contributed by atoms with Crippen molar-refractivity contribution in [3.05, 3.63) is 51.4 Å². The maximum Gasteiger partial charge on any atom is 0.196 e. The average Bonchev–Trinajstić information content (AvgIpc) is 2.82. The van der Waals surface area contributed by atoms with Gasteiger partial charge in [0.1, 0.15) is 0 Å². The summed E-state index contributed by atoms with van der Waals surface area (Å²) in [7, 11) is 0. The molecule has 0 radical (unpaired) electrons. The molecule has 1 aromatic heterocycles. The summed E-state index contributed by atoms with van der Waals surface area (Å²) in [5.41, 5.74) is 10.1. The number of ketones is 1. The first-order valence-corrected chi connectivity index (χ1v) is 8.06. The quantitative estimate of drug-likeness (QED) is 0.866. The Morgan fingerprint density at radius 3 is 2.60 bits per heavy atom. The van der Waals surface area contributed by atoms with Crippen LogP contribution in [0, 0.1) is 0 Å². The van der Waals surface area contributed by atoms with Crippen molar-refractivity contribution >= 4 is 22.1 Å². The standard InChI is InChI=1S/C17H19NOS/c1-2-11-7-9-12(10-8-11)16(19)15-13-5-3-4-6-14(13)20-17(15)18/h7-10H,2-6,18H2,1H3. The van der Waals surface area contributed by atoms with Crippen LogP contribution in [0.4, 0.5) is 5.00 Å². The highest BCUT2D eigenvalue weighted by atomic mass is 32.1. The average molecular weight is 285 g/mol. The zero-order valence-corrected chi connectivity index (χ0v) is 12.6. The van der Waals surface area contributed by atoms with E-state index in [1.807, 2.05) is 24.3 Å². The molecule has 0 bridgehead atoms. The fourth-order valence-corrected chi connectivity index (χ4v) is 4.03. The molecule has 0 amide bonds. The second-order valence-electron chi connectivity index (χ2n) is 5.33. The van der Waals surface area contributed by atoms with E-state index in [0.29, 0.717) is 5.00 Å². The Hall–Kier alpha value is -1.61. The van der Waals surface area contributed by atoms with Gasteiger partial charge in [-0.3, -0.25) is 4.79 Å². The van der Waals surface area contributed by atoms with Crippen molar-refractivity contribution < 1.29 is 4.79 Å². The third kappa shape index (κ3) is 2.27. The molecule has 1 aliphatic carbocycles. The normalized spacial score (nSPS) is 14.1. The van der Waals surface area contributed by atoms with Crippen molar-refractivity contribution in [3.8, 4) is 0 Å². The lowest BCUT2D eigenvalue weighted by atomic mass is 9.91. The van der Waals surface area contributed by atoms with Gasteiger partial charge in [-0.2, -0.15) is 0 Å². The van der Waals surface area contributed by atoms with E-state index in [1.54, 1.807) is 11.3 Å². The number of aryl methyl sites for hydroxylation is 2. The Kier molecular flexibility index (Phi) is 3.62. The maximum atomic E-state index is 12.7. The molecule has 0 atom stereocenters. The van der Waals surface area contributed by atoms with Gasteiger partial charge in [-0.15, -0.1) is 11.3 Å². The largest absolute Gasteiger partial charge is 0.390 e. The van der Waals surface area contributed by atoms with Gasteiger partial charge in [0.25, 0.3) is 0 Å². The summed E-state index contributed by atoms with van der Waals surface area (Å²) in [5, 5.41) is 0.696. The van der Waals surface area contributed by atoms with Crippen molar-refractivity contribution in [2.75, 3.05) is 5.73 Å². The molecule has 0 saturated heterocycles. The number of fused-ring (bicyclic) bond motifs is 1. The first kappa shape index (κ1) is 13.4. The van der Waals surface area contributed by atoms with E-state index in [0.717, 1.165) is 36.8 Å². The minimum atomic E-state index is 0.0875. The van der Waals surface area contributed by atoms with Crippen LogP contribution in [0.1, 0.15) is 51.7 Å². The van der Waals surface area contributed by atoms with Crippen molar-refractivity contribution in [2.24, 2.45) is 0 Å². The number of thiophene rings is 1. The summed E-state index contributed by atoms with van der Waals surface area (Å²) in [6, 6.07) is 7.91. The highest BCUT2D eigenvalue weighted by Crippen LogP contribution is 2.37. The second-order valence-corrected chi connectivity index (χ2v) is 6.47. The third-order valence-corrected chi connectivity index (χ3v) is 5.17. The molecular weight excluding hydrogens is 266 g/mol. The Morgan fingerprint density at radius 2 is 1.90 bits per heavy atom. The molecule has 3 heteroatoms. The summed E-state index contributed by atoms with van der Waals surface area (Å²) < 4.78 is 0. The van der Waals surface area contributed by atoms with Gasteiger partial charge in [0, 0.05) is 10.4 Å². The lowest BCUT2D eigenvalue weighted by Gasteiger charge is -2.12. The van der Waals surface area contributed by atoms with E-state index in [-0.39, 0.29) is 5.78 Å². The van der Waals surface area contributed by atoms with Crippen LogP contribution >= 0.6 is 11.3 Å². The molecule has 104 valence electrons. The molecule has 2 N–H and O–H groups in total. The summed E-state index contributed by atoms with van der Waals surface area (Å²) in [4.78, 5) is 14.0. The summed E-state index contributed by atoms with van der Waals surface area (Å²) in [5.74, 6) is 0.0875. The lowest BCUT2D eigenvalue weighted by Crippen LogP contribution is -2.09. The molecule has 0 unspecified atom stereocenters. The molecule has 3 rings (SSSR count). The van der Waals surface area contributed by atoms with Gasteiger partial charge in [-0.25, -0.2) is 0 Å². The van der Waals surface area contributed by atoms with Crippen molar-refractivity contribution in [2.45, 2.75) is 39.0 Å². The number of hydrogen-bond acceptors (Lipinski definition) is 3. The summed E-state index contributed by atoms with van der Waals surface area (Å²) in [6.07, 6.45) is 5.44. The fourth-order valence-electron chi connectivity index (χ4n) is 2.87. The topological polar surface area (TPSA) is 43.1 Å². The van der Waals surface area contributed by atoms with Crippen LogP contribution in [0.2, 0.25) is 0 Å². The van der Waals surface area contributed by atoms with Crippen LogP contribution in [0.3, 0.4) is 0 Å². The molecule has 0 aliphatic heterocycles. The lowest BCUT2D eigenvalue weighted by molar-refractivity contribution is 0.103. The van der Waals surface area contributed by atoms with Gasteiger partial charge in [0.05, 0.1) is 10.6 Å². The van der Waals surface area contributed by atoms with E-state index < -0.39 is 0 Å². The SMILES string of the molecule is CCc1ccc(C(=O)c2c(N)sc3c2CCCC3)cc1. The zero-order valence-electron chi connectivity index (χ0n) is 11.7. The molecule has 0 saturated carbocycles. The van der Waals surface area contributed by atoms with Gasteiger partial charge in [-0.1, -0.05) is 31.2 Å². The van der Waals surface area contributed by atoms with Gasteiger partial charge in [-0.05, 0) is 43.2 Å². The van der Waals surface area contributed by atoms with Crippen molar-refractivity contribution in [1.82, 2.24) is 0 Å². The molecular formula is C17H19NOS. The number of carbonyl (C=O) groups excluding carboxylic acids is 1. The van der Waals surface area contributed by atoms with Crippen LogP contribution in [-0.2, 0) is 19.3 Å². The maximum absolute atomic E-state index is 12.7. The highest BCUT2D eigenvalue weighted by Gasteiger charge is 2.24. The van der Waals surface area contributed by atoms with E-state index >= 15 is 0 Å². The molecule has 1 aromatic carbocycles. The van der Waals surface area contributed by atoms with Gasteiger partial charge < -0.3 is 5.73 Å². The Morgan fingerprint density at radius 1 is 1.20 bits per heavy atom. The minimum Gasteiger partial charge on any atom is -0.390 e. The van der Waals surface area contributed by atoms with Crippen molar-refractivity contribution in [1.29, 1.82) is 0 Å². The number of anilines is 1.